The van der Waals surface area contributed by atoms with Crippen molar-refractivity contribution in [3.8, 4) is 0 Å². The van der Waals surface area contributed by atoms with Crippen LogP contribution >= 0.6 is 11.8 Å². The Labute approximate surface area is 78.0 Å². The Hall–Kier alpha value is -0.220. The molecule has 0 fully saturated rings. The summed E-state index contributed by atoms with van der Waals surface area (Å²) in [7, 11) is 0. The van der Waals surface area contributed by atoms with Crippen LogP contribution in [0.1, 0.15) is 20.8 Å². The van der Waals surface area contributed by atoms with Crippen LogP contribution in [0.4, 0.5) is 0 Å². The molecule has 0 saturated heterocycles. The van der Waals surface area contributed by atoms with Crippen LogP contribution in [-0.4, -0.2) is 29.6 Å². The molecule has 2 N–H and O–H groups in total. The molecule has 0 aliphatic heterocycles. The van der Waals surface area contributed by atoms with Gasteiger partial charge in [-0.25, -0.2) is 0 Å². The molecule has 0 bridgehead atoms. The highest BCUT2D eigenvalue weighted by Crippen LogP contribution is 2.06. The monoisotopic (exact) mass is 191 g/mol. The average Bonchev–Trinajstić information content (AvgIpc) is 1.84. The molecule has 4 heteroatoms. The number of hydrogen-bond acceptors (Lipinski definition) is 4. The predicted octanol–water partition coefficient (Wildman–Crippen LogP) is 1.02. The van der Waals surface area contributed by atoms with Crippen molar-refractivity contribution >= 4 is 17.7 Å². The van der Waals surface area contributed by atoms with Crippen molar-refractivity contribution in [2.75, 3.05) is 11.5 Å². The Kier molecular flexibility index (Phi) is 6.20. The maximum absolute atomic E-state index is 10.5. The minimum Gasteiger partial charge on any atom is -0.462 e. The van der Waals surface area contributed by atoms with E-state index in [1.807, 2.05) is 13.8 Å². The van der Waals surface area contributed by atoms with Crippen molar-refractivity contribution in [3.63, 3.8) is 0 Å². The third-order valence-corrected chi connectivity index (χ3v) is 2.57. The first-order valence-electron chi connectivity index (χ1n) is 4.03. The fourth-order valence-corrected chi connectivity index (χ4v) is 1.65. The summed E-state index contributed by atoms with van der Waals surface area (Å²) >= 11 is 1.71. The van der Waals surface area contributed by atoms with E-state index >= 15 is 0 Å². The standard InChI is InChI=1S/C8H17NO2S/c1-6(9)4-12-5-7(2)11-8(3)10/h6-7H,4-5,9H2,1-3H3. The zero-order valence-electron chi connectivity index (χ0n) is 7.87. The molecule has 0 heterocycles. The Morgan fingerprint density at radius 2 is 2.08 bits per heavy atom. The number of carbonyl (C=O) groups excluding carboxylic acids is 1. The molecule has 2 atom stereocenters. The Morgan fingerprint density at radius 1 is 1.50 bits per heavy atom. The van der Waals surface area contributed by atoms with Gasteiger partial charge in [0.15, 0.2) is 0 Å². The fraction of sp³-hybridized carbons (Fsp3) is 0.875. The number of nitrogens with two attached hydrogens (primary N) is 1. The largest absolute Gasteiger partial charge is 0.462 e. The molecule has 2 unspecified atom stereocenters. The second-order valence-electron chi connectivity index (χ2n) is 2.93. The second kappa shape index (κ2) is 6.31. The molecule has 0 spiro atoms. The molecule has 0 aliphatic rings. The molecule has 72 valence electrons. The first-order valence-corrected chi connectivity index (χ1v) is 5.18. The van der Waals surface area contributed by atoms with Gasteiger partial charge in [0.2, 0.25) is 0 Å². The normalized spacial score (nSPS) is 15.3. The van der Waals surface area contributed by atoms with Gasteiger partial charge in [-0.15, -0.1) is 0 Å². The summed E-state index contributed by atoms with van der Waals surface area (Å²) in [6.07, 6.45) is -0.00810. The lowest BCUT2D eigenvalue weighted by molar-refractivity contribution is -0.144. The molecule has 12 heavy (non-hydrogen) atoms. The minimum absolute atomic E-state index is 0.00810. The van der Waals surface area contributed by atoms with E-state index in [0.29, 0.717) is 0 Å². The zero-order chi connectivity index (χ0) is 9.56. The molecule has 3 nitrogen and oxygen atoms in total. The number of ether oxygens (including phenoxy) is 1. The quantitative estimate of drug-likeness (QED) is 0.659. The third-order valence-electron chi connectivity index (χ3n) is 1.10. The van der Waals surface area contributed by atoms with Crippen LogP contribution in [0.3, 0.4) is 0 Å². The molecule has 0 saturated carbocycles. The molecule has 0 aliphatic carbocycles. The number of hydrogen-bond donors (Lipinski definition) is 1. The van der Waals surface area contributed by atoms with Gasteiger partial charge in [-0.2, -0.15) is 11.8 Å². The summed E-state index contributed by atoms with van der Waals surface area (Å²) < 4.78 is 4.93. The summed E-state index contributed by atoms with van der Waals surface area (Å²) in [5.74, 6) is 1.51. The highest BCUT2D eigenvalue weighted by atomic mass is 32.2. The lowest BCUT2D eigenvalue weighted by Gasteiger charge is -2.11. The zero-order valence-corrected chi connectivity index (χ0v) is 8.69. The Morgan fingerprint density at radius 3 is 2.50 bits per heavy atom. The summed E-state index contributed by atoms with van der Waals surface area (Å²) in [5.41, 5.74) is 5.55. The van der Waals surface area contributed by atoms with Gasteiger partial charge in [0.1, 0.15) is 6.10 Å². The predicted molar refractivity (Wildman–Crippen MR) is 52.2 cm³/mol. The smallest absolute Gasteiger partial charge is 0.302 e. The van der Waals surface area contributed by atoms with Gasteiger partial charge in [0, 0.05) is 24.5 Å². The van der Waals surface area contributed by atoms with Gasteiger partial charge in [-0.3, -0.25) is 4.79 Å². The molecule has 0 aromatic heterocycles. The Balaban J connectivity index is 3.31. The summed E-state index contributed by atoms with van der Waals surface area (Å²) in [6, 6.07) is 0.208. The van der Waals surface area contributed by atoms with E-state index in [1.165, 1.54) is 6.92 Å². The van der Waals surface area contributed by atoms with Gasteiger partial charge < -0.3 is 10.5 Å². The topological polar surface area (TPSA) is 52.3 Å². The summed E-state index contributed by atoms with van der Waals surface area (Å²) in [6.45, 7) is 5.27. The first kappa shape index (κ1) is 11.8. The molecule has 0 amide bonds. The van der Waals surface area contributed by atoms with Crippen LogP contribution in [0, 0.1) is 0 Å². The molecule has 0 rings (SSSR count). The number of carbonyl (C=O) groups is 1. The highest BCUT2D eigenvalue weighted by molar-refractivity contribution is 7.99. The third kappa shape index (κ3) is 7.88. The van der Waals surface area contributed by atoms with E-state index in [1.54, 1.807) is 11.8 Å². The molecular formula is C8H17NO2S. The van der Waals surface area contributed by atoms with E-state index in [2.05, 4.69) is 0 Å². The van der Waals surface area contributed by atoms with Gasteiger partial charge in [0.05, 0.1) is 0 Å². The van der Waals surface area contributed by atoms with Crippen LogP contribution in [0.2, 0.25) is 0 Å². The van der Waals surface area contributed by atoms with E-state index < -0.39 is 0 Å². The molecule has 0 aromatic carbocycles. The van der Waals surface area contributed by atoms with Crippen molar-refractivity contribution in [1.82, 2.24) is 0 Å². The van der Waals surface area contributed by atoms with Crippen LogP contribution < -0.4 is 5.73 Å². The summed E-state index contributed by atoms with van der Waals surface area (Å²) in [5, 5.41) is 0. The van der Waals surface area contributed by atoms with Crippen molar-refractivity contribution in [3.05, 3.63) is 0 Å². The van der Waals surface area contributed by atoms with Crippen molar-refractivity contribution in [1.29, 1.82) is 0 Å². The fourth-order valence-electron chi connectivity index (χ4n) is 0.737. The van der Waals surface area contributed by atoms with Gasteiger partial charge in [-0.1, -0.05) is 0 Å². The second-order valence-corrected chi connectivity index (χ2v) is 4.01. The first-order chi connectivity index (χ1) is 5.52. The van der Waals surface area contributed by atoms with Crippen molar-refractivity contribution in [2.45, 2.75) is 32.9 Å². The van der Waals surface area contributed by atoms with Crippen LogP contribution in [0.25, 0.3) is 0 Å². The maximum Gasteiger partial charge on any atom is 0.302 e. The minimum atomic E-state index is -0.219. The number of esters is 1. The van der Waals surface area contributed by atoms with Gasteiger partial charge in [-0.05, 0) is 13.8 Å². The Bertz CT molecular complexity index is 139. The molecule has 0 radical (unpaired) electrons. The highest BCUT2D eigenvalue weighted by Gasteiger charge is 2.05. The van der Waals surface area contributed by atoms with E-state index in [-0.39, 0.29) is 18.1 Å². The lowest BCUT2D eigenvalue weighted by atomic mass is 10.4. The van der Waals surface area contributed by atoms with Crippen molar-refractivity contribution in [2.24, 2.45) is 5.73 Å². The number of rotatable bonds is 5. The maximum atomic E-state index is 10.5. The number of thioether (sulfide) groups is 1. The molecular weight excluding hydrogens is 174 g/mol. The van der Waals surface area contributed by atoms with Gasteiger partial charge in [0.25, 0.3) is 0 Å². The van der Waals surface area contributed by atoms with E-state index in [9.17, 15) is 4.79 Å². The van der Waals surface area contributed by atoms with Gasteiger partial charge >= 0.3 is 5.97 Å². The lowest BCUT2D eigenvalue weighted by Crippen LogP contribution is -2.20. The van der Waals surface area contributed by atoms with E-state index in [4.69, 9.17) is 10.5 Å². The summed E-state index contributed by atoms with van der Waals surface area (Å²) in [4.78, 5) is 10.5. The van der Waals surface area contributed by atoms with Crippen LogP contribution in [0.5, 0.6) is 0 Å². The van der Waals surface area contributed by atoms with Crippen molar-refractivity contribution < 1.29 is 9.53 Å². The van der Waals surface area contributed by atoms with Crippen LogP contribution in [-0.2, 0) is 9.53 Å². The average molecular weight is 191 g/mol. The van der Waals surface area contributed by atoms with E-state index in [0.717, 1.165) is 11.5 Å². The molecule has 0 aromatic rings. The SMILES string of the molecule is CC(=O)OC(C)CSCC(C)N. The van der Waals surface area contributed by atoms with Crippen LogP contribution in [0.15, 0.2) is 0 Å².